The average Bonchev–Trinajstić information content (AvgIpc) is 2.91. The van der Waals surface area contributed by atoms with Gasteiger partial charge in [-0.05, 0) is 17.4 Å². The van der Waals surface area contributed by atoms with Gasteiger partial charge in [0.15, 0.2) is 0 Å². The zero-order valence-electron chi connectivity index (χ0n) is 14.2. The molecule has 5 atom stereocenters. The number of ketones is 1. The fourth-order valence-corrected chi connectivity index (χ4v) is 4.18. The predicted octanol–water partition coefficient (Wildman–Crippen LogP) is 2.06. The van der Waals surface area contributed by atoms with E-state index in [2.05, 4.69) is 11.2 Å². The summed E-state index contributed by atoms with van der Waals surface area (Å²) < 4.78 is 32.1. The van der Waals surface area contributed by atoms with Crippen LogP contribution in [0.5, 0.6) is 0 Å². The van der Waals surface area contributed by atoms with Gasteiger partial charge in [-0.25, -0.2) is 8.78 Å². The molecular formula is C17H22F2N4O2. The zero-order valence-corrected chi connectivity index (χ0v) is 14.2. The number of carbonyl (C=O) groups excluding carboxylic acids is 1. The highest BCUT2D eigenvalue weighted by Gasteiger charge is 2.53. The molecule has 1 aliphatic heterocycles. The molecule has 136 valence electrons. The predicted molar refractivity (Wildman–Crippen MR) is 84.4 cm³/mol. The van der Waals surface area contributed by atoms with E-state index in [1.165, 1.54) is 12.4 Å². The first-order chi connectivity index (χ1) is 11.7. The molecule has 3 rings (SSSR count). The highest BCUT2D eigenvalue weighted by Crippen LogP contribution is 2.49. The summed E-state index contributed by atoms with van der Waals surface area (Å²) in [4.78, 5) is 12.8. The van der Waals surface area contributed by atoms with Gasteiger partial charge in [0.05, 0.1) is 30.2 Å². The molecule has 8 heteroatoms. The Morgan fingerprint density at radius 2 is 2.24 bits per heavy atom. The van der Waals surface area contributed by atoms with Crippen molar-refractivity contribution in [1.82, 2.24) is 9.78 Å². The first kappa shape index (κ1) is 18.0. The summed E-state index contributed by atoms with van der Waals surface area (Å²) in [5.41, 5.74) is 6.44. The average molecular weight is 352 g/mol. The van der Waals surface area contributed by atoms with E-state index in [-0.39, 0.29) is 17.3 Å². The van der Waals surface area contributed by atoms with E-state index in [4.69, 9.17) is 10.5 Å². The van der Waals surface area contributed by atoms with E-state index in [1.807, 2.05) is 13.8 Å². The van der Waals surface area contributed by atoms with Crippen molar-refractivity contribution in [3.8, 4) is 6.07 Å². The number of nitriles is 1. The zero-order chi connectivity index (χ0) is 18.4. The maximum absolute atomic E-state index is 12.8. The van der Waals surface area contributed by atoms with Crippen LogP contribution in [-0.4, -0.2) is 34.3 Å². The Bertz CT molecular complexity index is 697. The van der Waals surface area contributed by atoms with E-state index < -0.39 is 37.0 Å². The van der Waals surface area contributed by atoms with Crippen molar-refractivity contribution in [3.63, 3.8) is 0 Å². The molecule has 1 saturated carbocycles. The van der Waals surface area contributed by atoms with Crippen LogP contribution in [0.2, 0.25) is 0 Å². The minimum Gasteiger partial charge on any atom is -0.358 e. The normalized spacial score (nSPS) is 34.6. The number of nitrogens with zero attached hydrogens (tertiary/aromatic N) is 3. The number of alkyl halides is 2. The van der Waals surface area contributed by atoms with Gasteiger partial charge in [-0.15, -0.1) is 0 Å². The fraction of sp³-hybridized carbons (Fsp3) is 0.706. The van der Waals surface area contributed by atoms with Gasteiger partial charge in [-0.2, -0.15) is 10.4 Å². The van der Waals surface area contributed by atoms with E-state index in [9.17, 15) is 18.8 Å². The minimum absolute atomic E-state index is 0.0278. The van der Waals surface area contributed by atoms with Crippen LogP contribution >= 0.6 is 0 Å². The Morgan fingerprint density at radius 3 is 2.88 bits per heavy atom. The van der Waals surface area contributed by atoms with Crippen LogP contribution in [0.4, 0.5) is 8.78 Å². The highest BCUT2D eigenvalue weighted by molar-refractivity contribution is 5.84. The molecule has 0 unspecified atom stereocenters. The van der Waals surface area contributed by atoms with Crippen molar-refractivity contribution in [3.05, 3.63) is 18.0 Å². The van der Waals surface area contributed by atoms with Crippen molar-refractivity contribution in [2.45, 2.75) is 57.9 Å². The largest absolute Gasteiger partial charge is 0.358 e. The lowest BCUT2D eigenvalue weighted by atomic mass is 9.62. The number of carbonyl (C=O) groups is 1. The Kier molecular flexibility index (Phi) is 4.64. The second-order valence-electron chi connectivity index (χ2n) is 7.74. The first-order valence-electron chi connectivity index (χ1n) is 8.36. The molecular weight excluding hydrogens is 330 g/mol. The summed E-state index contributed by atoms with van der Waals surface area (Å²) in [5.74, 6) is -1.69. The van der Waals surface area contributed by atoms with Gasteiger partial charge < -0.3 is 10.5 Å². The summed E-state index contributed by atoms with van der Waals surface area (Å²) in [6, 6.07) is 2.14. The van der Waals surface area contributed by atoms with E-state index in [0.29, 0.717) is 18.4 Å². The van der Waals surface area contributed by atoms with Crippen LogP contribution in [0.15, 0.2) is 12.4 Å². The molecule has 2 heterocycles. The lowest BCUT2D eigenvalue weighted by Gasteiger charge is -2.48. The molecule has 2 fully saturated rings. The number of hydrogen-bond acceptors (Lipinski definition) is 5. The van der Waals surface area contributed by atoms with Gasteiger partial charge in [-0.3, -0.25) is 9.48 Å². The van der Waals surface area contributed by atoms with E-state index in [1.54, 1.807) is 0 Å². The second kappa shape index (κ2) is 6.46. The number of halogens is 2. The molecule has 0 aromatic carbocycles. The minimum atomic E-state index is -2.53. The summed E-state index contributed by atoms with van der Waals surface area (Å²) in [7, 11) is 0. The monoisotopic (exact) mass is 352 g/mol. The summed E-state index contributed by atoms with van der Waals surface area (Å²) in [6.07, 6.45) is 0.281. The number of aromatic nitrogens is 2. The van der Waals surface area contributed by atoms with Crippen LogP contribution in [0.25, 0.3) is 0 Å². The van der Waals surface area contributed by atoms with Crippen molar-refractivity contribution in [1.29, 1.82) is 5.26 Å². The third-order valence-electron chi connectivity index (χ3n) is 5.15. The summed E-state index contributed by atoms with van der Waals surface area (Å²) in [5, 5.41) is 13.5. The molecule has 0 spiro atoms. The molecule has 2 N–H and O–H groups in total. The Hall–Kier alpha value is -1.85. The van der Waals surface area contributed by atoms with E-state index in [0.717, 1.165) is 4.68 Å². The van der Waals surface area contributed by atoms with Gasteiger partial charge in [0.25, 0.3) is 6.43 Å². The second-order valence-corrected chi connectivity index (χ2v) is 7.74. The van der Waals surface area contributed by atoms with Crippen LogP contribution in [0, 0.1) is 28.6 Å². The maximum atomic E-state index is 12.8. The number of rotatable bonds is 3. The molecule has 0 amide bonds. The van der Waals surface area contributed by atoms with Gasteiger partial charge in [-0.1, -0.05) is 13.8 Å². The number of nitrogens with two attached hydrogens (primary N) is 1. The molecule has 1 aromatic heterocycles. The van der Waals surface area contributed by atoms with Crippen molar-refractivity contribution < 1.29 is 18.3 Å². The van der Waals surface area contributed by atoms with Gasteiger partial charge in [0, 0.05) is 18.5 Å². The molecule has 6 nitrogen and oxygen atoms in total. The smallest absolute Gasteiger partial charge is 0.257 e. The molecule has 2 aliphatic rings. The SMILES string of the molecule is CC1(C)CC(=O)[C@H]2[C@@H](c3cnn(CC(F)F)c3)[C@@H](C#N)[C@@H](N)O[C@H]2C1. The number of ether oxygens (including phenoxy) is 1. The molecule has 1 aromatic rings. The van der Waals surface area contributed by atoms with Crippen LogP contribution in [0.3, 0.4) is 0 Å². The Labute approximate surface area is 144 Å². The molecule has 0 bridgehead atoms. The van der Waals surface area contributed by atoms with Crippen molar-refractivity contribution >= 4 is 5.78 Å². The quantitative estimate of drug-likeness (QED) is 0.899. The van der Waals surface area contributed by atoms with Crippen LogP contribution in [0.1, 0.15) is 38.2 Å². The number of hydrogen-bond donors (Lipinski definition) is 1. The van der Waals surface area contributed by atoms with Crippen LogP contribution in [-0.2, 0) is 16.1 Å². The lowest BCUT2D eigenvalue weighted by molar-refractivity contribution is -0.163. The van der Waals surface area contributed by atoms with E-state index >= 15 is 0 Å². The molecule has 1 aliphatic carbocycles. The molecule has 0 radical (unpaired) electrons. The molecule has 25 heavy (non-hydrogen) atoms. The van der Waals surface area contributed by atoms with Crippen molar-refractivity contribution in [2.75, 3.05) is 0 Å². The molecule has 1 saturated heterocycles. The lowest BCUT2D eigenvalue weighted by Crippen LogP contribution is -2.56. The van der Waals surface area contributed by atoms with Gasteiger partial charge in [0.1, 0.15) is 18.6 Å². The standard InChI is InChI=1S/C17H22F2N4O2/c1-17(2)3-11(24)15-12(4-17)25-16(21)10(5-20)14(15)9-6-22-23(7-9)8-13(18)19/h6-7,10,12-16H,3-4,8,21H2,1-2H3/t10-,12+,14+,15-,16+/m1/s1. The van der Waals surface area contributed by atoms with Gasteiger partial charge >= 0.3 is 0 Å². The fourth-order valence-electron chi connectivity index (χ4n) is 4.18. The Morgan fingerprint density at radius 1 is 1.52 bits per heavy atom. The topological polar surface area (TPSA) is 93.9 Å². The third-order valence-corrected chi connectivity index (χ3v) is 5.15. The highest BCUT2D eigenvalue weighted by atomic mass is 19.3. The van der Waals surface area contributed by atoms with Crippen LogP contribution < -0.4 is 5.73 Å². The number of Topliss-reactive ketones (excluding diaryl/α,β-unsaturated/α-hetero) is 1. The summed E-state index contributed by atoms with van der Waals surface area (Å²) >= 11 is 0. The number of fused-ring (bicyclic) bond motifs is 1. The Balaban J connectivity index is 1.97. The maximum Gasteiger partial charge on any atom is 0.257 e. The summed E-state index contributed by atoms with van der Waals surface area (Å²) in [6.45, 7) is 3.48. The van der Waals surface area contributed by atoms with Gasteiger partial charge in [0.2, 0.25) is 0 Å². The third kappa shape index (κ3) is 3.44. The van der Waals surface area contributed by atoms with Crippen molar-refractivity contribution in [2.24, 2.45) is 23.0 Å². The first-order valence-corrected chi connectivity index (χ1v) is 8.36.